The molecule has 0 spiro atoms. The number of aliphatic carboxylic acids is 1. The normalized spacial score (nSPS) is 27.5. The predicted octanol–water partition coefficient (Wildman–Crippen LogP) is 3.61. The number of amides is 1. The highest BCUT2D eigenvalue weighted by atomic mass is 16.4. The average Bonchev–Trinajstić information content (AvgIpc) is 3.14. The van der Waals surface area contributed by atoms with E-state index in [4.69, 9.17) is 5.11 Å². The van der Waals surface area contributed by atoms with Gasteiger partial charge in [-0.15, -0.1) is 0 Å². The molecule has 1 saturated heterocycles. The van der Waals surface area contributed by atoms with E-state index in [1.54, 1.807) is 0 Å². The molecular formula is C18H29NO3. The highest BCUT2D eigenvalue weighted by Crippen LogP contribution is 2.39. The van der Waals surface area contributed by atoms with E-state index in [0.29, 0.717) is 18.4 Å². The van der Waals surface area contributed by atoms with E-state index in [0.717, 1.165) is 57.9 Å². The van der Waals surface area contributed by atoms with Crippen molar-refractivity contribution in [2.24, 2.45) is 11.8 Å². The summed E-state index contributed by atoms with van der Waals surface area (Å²) in [5.74, 6) is -0.183. The summed E-state index contributed by atoms with van der Waals surface area (Å²) in [6.07, 6.45) is 13.4. The second kappa shape index (κ2) is 8.35. The first-order valence-electron chi connectivity index (χ1n) is 8.78. The minimum absolute atomic E-state index is 0.129. The maximum Gasteiger partial charge on any atom is 0.307 e. The number of hydrogen-bond donors (Lipinski definition) is 1. The van der Waals surface area contributed by atoms with Crippen LogP contribution < -0.4 is 0 Å². The minimum Gasteiger partial charge on any atom is -0.481 e. The third-order valence-corrected chi connectivity index (χ3v) is 4.93. The zero-order valence-electron chi connectivity index (χ0n) is 13.7. The van der Waals surface area contributed by atoms with Gasteiger partial charge in [0.15, 0.2) is 0 Å². The smallest absolute Gasteiger partial charge is 0.307 e. The van der Waals surface area contributed by atoms with Gasteiger partial charge < -0.3 is 10.0 Å². The number of nitrogens with zero attached hydrogens (tertiary/aromatic N) is 1. The second-order valence-corrected chi connectivity index (χ2v) is 6.80. The van der Waals surface area contributed by atoms with Gasteiger partial charge in [0, 0.05) is 19.0 Å². The lowest BCUT2D eigenvalue weighted by atomic mass is 10.1. The van der Waals surface area contributed by atoms with Gasteiger partial charge in [0.25, 0.3) is 0 Å². The molecule has 1 saturated carbocycles. The van der Waals surface area contributed by atoms with Crippen LogP contribution in [0.2, 0.25) is 0 Å². The third-order valence-electron chi connectivity index (χ3n) is 4.93. The van der Waals surface area contributed by atoms with Crippen molar-refractivity contribution in [1.29, 1.82) is 0 Å². The van der Waals surface area contributed by atoms with E-state index in [1.165, 1.54) is 0 Å². The van der Waals surface area contributed by atoms with Gasteiger partial charge in [0.2, 0.25) is 5.91 Å². The first-order chi connectivity index (χ1) is 10.6. The van der Waals surface area contributed by atoms with Crippen LogP contribution >= 0.6 is 0 Å². The van der Waals surface area contributed by atoms with Crippen molar-refractivity contribution < 1.29 is 14.7 Å². The Bertz CT molecular complexity index is 419. The summed E-state index contributed by atoms with van der Waals surface area (Å²) >= 11 is 0. The molecule has 0 aromatic heterocycles. The van der Waals surface area contributed by atoms with Crippen LogP contribution in [0.1, 0.15) is 64.7 Å². The van der Waals surface area contributed by atoms with Crippen LogP contribution in [-0.2, 0) is 9.59 Å². The second-order valence-electron chi connectivity index (χ2n) is 6.80. The summed E-state index contributed by atoms with van der Waals surface area (Å²) in [4.78, 5) is 24.7. The first kappa shape index (κ1) is 17.0. The summed E-state index contributed by atoms with van der Waals surface area (Å²) in [6.45, 7) is 3.09. The number of allylic oxidation sites excluding steroid dienone is 2. The van der Waals surface area contributed by atoms with E-state index in [2.05, 4.69) is 19.1 Å². The molecule has 2 fully saturated rings. The van der Waals surface area contributed by atoms with Gasteiger partial charge in [0.05, 0.1) is 5.92 Å². The average molecular weight is 307 g/mol. The number of unbranched alkanes of at least 4 members (excludes halogenated alkanes) is 4. The van der Waals surface area contributed by atoms with E-state index in [-0.39, 0.29) is 11.8 Å². The van der Waals surface area contributed by atoms with Crippen molar-refractivity contribution in [3.05, 3.63) is 12.2 Å². The summed E-state index contributed by atoms with van der Waals surface area (Å²) in [5, 5.41) is 8.80. The van der Waals surface area contributed by atoms with Gasteiger partial charge in [-0.3, -0.25) is 9.59 Å². The lowest BCUT2D eigenvalue weighted by Gasteiger charge is -2.21. The van der Waals surface area contributed by atoms with E-state index in [9.17, 15) is 9.59 Å². The molecule has 3 unspecified atom stereocenters. The van der Waals surface area contributed by atoms with Crippen LogP contribution in [-0.4, -0.2) is 34.5 Å². The predicted molar refractivity (Wildman–Crippen MR) is 86.5 cm³/mol. The van der Waals surface area contributed by atoms with Crippen LogP contribution in [0.15, 0.2) is 12.2 Å². The quantitative estimate of drug-likeness (QED) is 0.523. The van der Waals surface area contributed by atoms with Crippen LogP contribution in [0.4, 0.5) is 0 Å². The molecule has 0 radical (unpaired) electrons. The first-order valence-corrected chi connectivity index (χ1v) is 8.78. The fourth-order valence-electron chi connectivity index (χ4n) is 3.32. The molecule has 1 aliphatic heterocycles. The molecule has 124 valence electrons. The number of hydrogen-bond acceptors (Lipinski definition) is 2. The molecule has 0 bridgehead atoms. The molecule has 0 aromatic rings. The van der Waals surface area contributed by atoms with Crippen molar-refractivity contribution in [3.63, 3.8) is 0 Å². The number of carboxylic acid groups (broad SMARTS) is 1. The van der Waals surface area contributed by atoms with Crippen LogP contribution in [0, 0.1) is 11.8 Å². The molecule has 1 heterocycles. The highest BCUT2D eigenvalue weighted by Gasteiger charge is 2.40. The van der Waals surface area contributed by atoms with E-state index >= 15 is 0 Å². The molecule has 4 heteroatoms. The molecule has 1 aliphatic carbocycles. The molecule has 3 atom stereocenters. The van der Waals surface area contributed by atoms with Crippen molar-refractivity contribution in [2.45, 2.75) is 70.8 Å². The number of carbonyl (C=O) groups excluding carboxylic acids is 1. The van der Waals surface area contributed by atoms with Crippen LogP contribution in [0.5, 0.6) is 0 Å². The topological polar surface area (TPSA) is 57.6 Å². The standard InChI is InChI=1S/C18H29NO3/c1-14-9-8-12-19(14)17(20)11-7-5-3-2-4-6-10-15-13-16(15)18(21)22/h6,10,14-16H,2-5,7-9,11-13H2,1H3,(H,21,22)/b10-6-. The van der Waals surface area contributed by atoms with Crippen molar-refractivity contribution >= 4 is 11.9 Å². The molecule has 22 heavy (non-hydrogen) atoms. The Kier molecular flexibility index (Phi) is 6.47. The van der Waals surface area contributed by atoms with Gasteiger partial charge >= 0.3 is 5.97 Å². The summed E-state index contributed by atoms with van der Waals surface area (Å²) in [7, 11) is 0. The van der Waals surface area contributed by atoms with Crippen molar-refractivity contribution in [1.82, 2.24) is 4.90 Å². The lowest BCUT2D eigenvalue weighted by Crippen LogP contribution is -2.33. The Morgan fingerprint density at radius 3 is 2.64 bits per heavy atom. The Morgan fingerprint density at radius 2 is 2.00 bits per heavy atom. The van der Waals surface area contributed by atoms with Crippen LogP contribution in [0.3, 0.4) is 0 Å². The zero-order chi connectivity index (χ0) is 15.9. The Morgan fingerprint density at radius 1 is 1.23 bits per heavy atom. The summed E-state index contributed by atoms with van der Waals surface area (Å²) in [6, 6.07) is 0.440. The van der Waals surface area contributed by atoms with Gasteiger partial charge in [-0.1, -0.05) is 25.0 Å². The van der Waals surface area contributed by atoms with E-state index < -0.39 is 5.97 Å². The lowest BCUT2D eigenvalue weighted by molar-refractivity contribution is -0.138. The third kappa shape index (κ3) is 5.15. The number of rotatable bonds is 9. The fourth-order valence-corrected chi connectivity index (χ4v) is 3.32. The maximum absolute atomic E-state index is 12.0. The van der Waals surface area contributed by atoms with E-state index in [1.807, 2.05) is 4.90 Å². The Balaban J connectivity index is 1.44. The van der Waals surface area contributed by atoms with Gasteiger partial charge in [-0.05, 0) is 51.4 Å². The van der Waals surface area contributed by atoms with Crippen molar-refractivity contribution in [3.8, 4) is 0 Å². The molecule has 4 nitrogen and oxygen atoms in total. The molecular weight excluding hydrogens is 278 g/mol. The SMILES string of the molecule is CC1CCCN1C(=O)CCCCCC/C=C\C1CC1C(=O)O. The number of likely N-dealkylation sites (tertiary alicyclic amines) is 1. The molecule has 0 aromatic carbocycles. The monoisotopic (exact) mass is 307 g/mol. The zero-order valence-corrected chi connectivity index (χ0v) is 13.7. The van der Waals surface area contributed by atoms with Crippen LogP contribution in [0.25, 0.3) is 0 Å². The van der Waals surface area contributed by atoms with Gasteiger partial charge in [0.1, 0.15) is 0 Å². The maximum atomic E-state index is 12.0. The summed E-state index contributed by atoms with van der Waals surface area (Å²) < 4.78 is 0. The number of carboxylic acids is 1. The molecule has 1 N–H and O–H groups in total. The molecule has 1 amide bonds. The molecule has 2 rings (SSSR count). The summed E-state index contributed by atoms with van der Waals surface area (Å²) in [5.41, 5.74) is 0. The fraction of sp³-hybridized carbons (Fsp3) is 0.778. The van der Waals surface area contributed by atoms with Gasteiger partial charge in [-0.2, -0.15) is 0 Å². The van der Waals surface area contributed by atoms with Gasteiger partial charge in [-0.25, -0.2) is 0 Å². The minimum atomic E-state index is -0.661. The Hall–Kier alpha value is -1.32. The largest absolute Gasteiger partial charge is 0.481 e. The van der Waals surface area contributed by atoms with Crippen molar-refractivity contribution in [2.75, 3.05) is 6.54 Å². The molecule has 2 aliphatic rings. The Labute approximate surface area is 133 Å². The highest BCUT2D eigenvalue weighted by molar-refractivity contribution is 5.76. The number of carbonyl (C=O) groups is 2.